The van der Waals surface area contributed by atoms with Gasteiger partial charge in [-0.1, -0.05) is 11.6 Å². The van der Waals surface area contributed by atoms with E-state index >= 15 is 4.39 Å². The molecule has 0 spiro atoms. The van der Waals surface area contributed by atoms with Crippen LogP contribution in [0.5, 0.6) is 6.01 Å². The number of aromatic nitrogens is 2. The number of nitrogens with one attached hydrogen (secondary N) is 1. The number of ether oxygens (including phenoxy) is 2. The van der Waals surface area contributed by atoms with Crippen LogP contribution in [0.15, 0.2) is 6.07 Å². The highest BCUT2D eigenvalue weighted by atomic mass is 35.5. The normalized spacial score (nSPS) is 31.9. The molecule has 5 atom stereocenters. The summed E-state index contributed by atoms with van der Waals surface area (Å²) < 4.78 is 42.1. The summed E-state index contributed by atoms with van der Waals surface area (Å²) in [5.74, 6) is 0.267. The number of halogens is 3. The Kier molecular flexibility index (Phi) is 6.37. The van der Waals surface area contributed by atoms with Crippen LogP contribution in [0.1, 0.15) is 60.6 Å². The Labute approximate surface area is 232 Å². The van der Waals surface area contributed by atoms with E-state index in [0.29, 0.717) is 48.7 Å². The van der Waals surface area contributed by atoms with Crippen LogP contribution in [-0.4, -0.2) is 71.4 Å². The Bertz CT molecular complexity index is 1260. The smallest absolute Gasteiger partial charge is 0.318 e. The molecule has 210 valence electrons. The largest absolute Gasteiger partial charge is 0.461 e. The SMILES string of the molecule is Cc1cc(N)c(F)c(C2Cc3nc(OCC45CCCN4CC(F)C5)nc(N4CC5CCC(C4)N5)c3CO2)c1Cl. The maximum absolute atomic E-state index is 15.2. The number of hydrogen-bond acceptors (Lipinski definition) is 8. The van der Waals surface area contributed by atoms with Crippen molar-refractivity contribution in [3.8, 4) is 6.01 Å². The van der Waals surface area contributed by atoms with E-state index in [1.165, 1.54) is 0 Å². The Morgan fingerprint density at radius 2 is 2.05 bits per heavy atom. The number of aryl methyl sites for hydroxylation is 1. The molecule has 5 aliphatic rings. The maximum Gasteiger partial charge on any atom is 0.318 e. The lowest BCUT2D eigenvalue weighted by Gasteiger charge is -2.37. The number of fused-ring (bicyclic) bond motifs is 4. The molecule has 6 heterocycles. The zero-order chi connectivity index (χ0) is 26.9. The molecule has 39 heavy (non-hydrogen) atoms. The summed E-state index contributed by atoms with van der Waals surface area (Å²) in [6, 6.07) is 2.67. The Morgan fingerprint density at radius 1 is 1.26 bits per heavy atom. The molecule has 4 saturated heterocycles. The van der Waals surface area contributed by atoms with Crippen LogP contribution in [-0.2, 0) is 17.8 Å². The number of anilines is 2. The van der Waals surface area contributed by atoms with Gasteiger partial charge in [0.25, 0.3) is 0 Å². The Morgan fingerprint density at radius 3 is 2.85 bits per heavy atom. The van der Waals surface area contributed by atoms with Crippen LogP contribution in [0.25, 0.3) is 0 Å². The van der Waals surface area contributed by atoms with Crippen molar-refractivity contribution in [2.75, 3.05) is 43.4 Å². The molecule has 0 amide bonds. The molecular weight excluding hydrogens is 526 g/mol. The molecule has 5 aliphatic heterocycles. The number of nitrogens with two attached hydrogens (primary N) is 1. The molecular formula is C28H35ClF2N6O2. The van der Waals surface area contributed by atoms with Gasteiger partial charge in [-0.05, 0) is 50.8 Å². The molecule has 4 fully saturated rings. The fraction of sp³-hybridized carbons (Fsp3) is 0.643. The number of hydrogen-bond donors (Lipinski definition) is 2. The zero-order valence-corrected chi connectivity index (χ0v) is 22.9. The van der Waals surface area contributed by atoms with Crippen molar-refractivity contribution in [1.82, 2.24) is 20.2 Å². The van der Waals surface area contributed by atoms with Gasteiger partial charge in [-0.3, -0.25) is 4.90 Å². The minimum absolute atomic E-state index is 0.0492. The third-order valence-electron chi connectivity index (χ3n) is 9.37. The zero-order valence-electron chi connectivity index (χ0n) is 22.2. The van der Waals surface area contributed by atoms with Crippen LogP contribution < -0.4 is 20.7 Å². The Balaban J connectivity index is 1.23. The summed E-state index contributed by atoms with van der Waals surface area (Å²) in [4.78, 5) is 14.3. The predicted octanol–water partition coefficient (Wildman–Crippen LogP) is 3.87. The van der Waals surface area contributed by atoms with E-state index < -0.39 is 18.1 Å². The number of alkyl halides is 1. The number of rotatable bonds is 5. The Hall–Kier alpha value is -2.27. The average molecular weight is 561 g/mol. The van der Waals surface area contributed by atoms with Gasteiger partial charge < -0.3 is 25.4 Å². The van der Waals surface area contributed by atoms with Crippen molar-refractivity contribution >= 4 is 23.1 Å². The maximum atomic E-state index is 15.2. The van der Waals surface area contributed by atoms with E-state index in [2.05, 4.69) is 15.1 Å². The van der Waals surface area contributed by atoms with Crippen LogP contribution >= 0.6 is 11.6 Å². The van der Waals surface area contributed by atoms with Gasteiger partial charge >= 0.3 is 6.01 Å². The van der Waals surface area contributed by atoms with Crippen LogP contribution in [0.3, 0.4) is 0 Å². The first-order valence-electron chi connectivity index (χ1n) is 14.1. The van der Waals surface area contributed by atoms with E-state index in [4.69, 9.17) is 36.8 Å². The van der Waals surface area contributed by atoms with Crippen molar-refractivity contribution < 1.29 is 18.3 Å². The van der Waals surface area contributed by atoms with Gasteiger partial charge in [0, 0.05) is 55.7 Å². The average Bonchev–Trinajstić information content (AvgIpc) is 3.56. The molecule has 0 saturated carbocycles. The molecule has 2 bridgehead atoms. The summed E-state index contributed by atoms with van der Waals surface area (Å²) in [5.41, 5.74) is 8.33. The monoisotopic (exact) mass is 560 g/mol. The van der Waals surface area contributed by atoms with Crippen molar-refractivity contribution in [3.05, 3.63) is 39.3 Å². The first kappa shape index (κ1) is 25.7. The fourth-order valence-corrected chi connectivity index (χ4v) is 7.73. The highest BCUT2D eigenvalue weighted by Gasteiger charge is 2.49. The topological polar surface area (TPSA) is 88.8 Å². The predicted molar refractivity (Wildman–Crippen MR) is 145 cm³/mol. The van der Waals surface area contributed by atoms with Gasteiger partial charge in [-0.15, -0.1) is 0 Å². The summed E-state index contributed by atoms with van der Waals surface area (Å²) in [6.07, 6.45) is 3.59. The summed E-state index contributed by atoms with van der Waals surface area (Å²) >= 11 is 6.56. The summed E-state index contributed by atoms with van der Waals surface area (Å²) in [5, 5.41) is 3.99. The summed E-state index contributed by atoms with van der Waals surface area (Å²) in [7, 11) is 0. The second-order valence-corrected chi connectivity index (χ2v) is 12.4. The quantitative estimate of drug-likeness (QED) is 0.533. The van der Waals surface area contributed by atoms with E-state index in [1.807, 2.05) is 0 Å². The van der Waals surface area contributed by atoms with Gasteiger partial charge in [0.2, 0.25) is 0 Å². The molecule has 0 radical (unpaired) electrons. The lowest BCUT2D eigenvalue weighted by atomic mass is 9.95. The van der Waals surface area contributed by atoms with E-state index in [0.717, 1.165) is 62.4 Å². The van der Waals surface area contributed by atoms with Crippen molar-refractivity contribution in [3.63, 3.8) is 0 Å². The molecule has 3 N–H and O–H groups in total. The van der Waals surface area contributed by atoms with Gasteiger partial charge in [-0.25, -0.2) is 8.78 Å². The molecule has 1 aromatic heterocycles. The first-order valence-corrected chi connectivity index (χ1v) is 14.5. The first-order chi connectivity index (χ1) is 18.8. The summed E-state index contributed by atoms with van der Waals surface area (Å²) in [6.45, 7) is 5.45. The van der Waals surface area contributed by atoms with Crippen molar-refractivity contribution in [2.24, 2.45) is 0 Å². The van der Waals surface area contributed by atoms with Gasteiger partial charge in [0.15, 0.2) is 5.82 Å². The second-order valence-electron chi connectivity index (χ2n) is 12.0. The van der Waals surface area contributed by atoms with Crippen LogP contribution in [0.4, 0.5) is 20.3 Å². The lowest BCUT2D eigenvalue weighted by molar-refractivity contribution is 0.0233. The minimum atomic E-state index is -0.829. The van der Waals surface area contributed by atoms with Gasteiger partial charge in [0.1, 0.15) is 18.6 Å². The minimum Gasteiger partial charge on any atom is -0.461 e. The fourth-order valence-electron chi connectivity index (χ4n) is 7.47. The molecule has 0 aliphatic carbocycles. The highest BCUT2D eigenvalue weighted by molar-refractivity contribution is 6.32. The van der Waals surface area contributed by atoms with Crippen LogP contribution in [0.2, 0.25) is 5.02 Å². The number of nitrogen functional groups attached to an aromatic ring is 1. The number of benzene rings is 1. The molecule has 5 unspecified atom stereocenters. The van der Waals surface area contributed by atoms with E-state index in [-0.39, 0.29) is 29.4 Å². The molecule has 8 nitrogen and oxygen atoms in total. The number of piperazine rings is 1. The molecule has 1 aromatic carbocycles. The standard InChI is InChI=1S/C28H35ClF2N6O2/c1-15-7-20(32)25(31)23(24(15)29)22-8-21-19(13-38-22)26(36-11-17-3-4-18(12-36)33-17)35-27(34-21)39-14-28-5-2-6-37(28)10-16(30)9-28/h7,16-18,22,33H,2-6,8-14,32H2,1H3. The van der Waals surface area contributed by atoms with Crippen LogP contribution in [0, 0.1) is 12.7 Å². The molecule has 2 aromatic rings. The van der Waals surface area contributed by atoms with E-state index in [1.54, 1.807) is 13.0 Å². The third kappa shape index (κ3) is 4.44. The van der Waals surface area contributed by atoms with Crippen molar-refractivity contribution in [1.29, 1.82) is 0 Å². The van der Waals surface area contributed by atoms with Crippen molar-refractivity contribution in [2.45, 2.75) is 82.0 Å². The van der Waals surface area contributed by atoms with E-state index in [9.17, 15) is 4.39 Å². The van der Waals surface area contributed by atoms with Gasteiger partial charge in [0.05, 0.1) is 34.7 Å². The third-order valence-corrected chi connectivity index (χ3v) is 9.87. The second kappa shape index (κ2) is 9.68. The molecule has 11 heteroatoms. The lowest BCUT2D eigenvalue weighted by Crippen LogP contribution is -2.52. The molecule has 7 rings (SSSR count). The highest BCUT2D eigenvalue weighted by Crippen LogP contribution is 2.43. The van der Waals surface area contributed by atoms with Gasteiger partial charge in [-0.2, -0.15) is 9.97 Å². The number of nitrogens with zero attached hydrogens (tertiary/aromatic N) is 4.